The molecule has 2 aromatic rings. The largest absolute Gasteiger partial charge is 0.493 e. The molecule has 222 valence electrons. The lowest BCUT2D eigenvalue weighted by Gasteiger charge is -2.45. The fourth-order valence-electron chi connectivity index (χ4n) is 5.68. The molecular formula is C28H38F3N3O5S. The van der Waals surface area contributed by atoms with Crippen LogP contribution in [0.15, 0.2) is 41.2 Å². The number of thiocarbonyl (C=S) groups is 1. The minimum Gasteiger partial charge on any atom is -0.493 e. The van der Waals surface area contributed by atoms with Crippen molar-refractivity contribution in [2.24, 2.45) is 0 Å². The van der Waals surface area contributed by atoms with Gasteiger partial charge in [0.05, 0.1) is 26.7 Å². The highest BCUT2D eigenvalue weighted by Crippen LogP contribution is 2.50. The molecule has 8 nitrogen and oxygen atoms in total. The molecule has 2 aliphatic rings. The van der Waals surface area contributed by atoms with Crippen LogP contribution >= 0.6 is 12.2 Å². The van der Waals surface area contributed by atoms with E-state index in [-0.39, 0.29) is 5.41 Å². The number of nitrogens with zero attached hydrogens (tertiary/aromatic N) is 1. The zero-order valence-corrected chi connectivity index (χ0v) is 23.9. The summed E-state index contributed by atoms with van der Waals surface area (Å²) in [6.07, 6.45) is 5.25. The number of likely N-dealkylation sites (tertiary alicyclic amines) is 1. The first kappa shape index (κ1) is 31.5. The predicted molar refractivity (Wildman–Crippen MR) is 149 cm³/mol. The summed E-state index contributed by atoms with van der Waals surface area (Å²) < 4.78 is 48.2. The number of hydrogen-bond donors (Lipinski definition) is 3. The second-order valence-corrected chi connectivity index (χ2v) is 10.5. The van der Waals surface area contributed by atoms with E-state index < -0.39 is 12.1 Å². The third-order valence-electron chi connectivity index (χ3n) is 7.69. The predicted octanol–water partition coefficient (Wildman–Crippen LogP) is 5.26. The van der Waals surface area contributed by atoms with Gasteiger partial charge in [0.1, 0.15) is 0 Å². The van der Waals surface area contributed by atoms with Crippen LogP contribution in [0.25, 0.3) is 0 Å². The van der Waals surface area contributed by atoms with E-state index in [2.05, 4.69) is 46.7 Å². The van der Waals surface area contributed by atoms with Crippen molar-refractivity contribution in [3.8, 4) is 11.5 Å². The van der Waals surface area contributed by atoms with Crippen LogP contribution in [0, 0.1) is 0 Å². The van der Waals surface area contributed by atoms with Crippen LogP contribution in [0.3, 0.4) is 0 Å². The Morgan fingerprint density at radius 1 is 1.23 bits per heavy atom. The number of aliphatic carboxylic acids is 1. The van der Waals surface area contributed by atoms with Crippen molar-refractivity contribution in [3.05, 3.63) is 47.9 Å². The van der Waals surface area contributed by atoms with Crippen molar-refractivity contribution < 1.29 is 37.0 Å². The standard InChI is InChI=1S/C26H37N3O3S.C2HF3O2/c1-4-5-12-27-25(33)28-21-8-10-26(20-6-7-22(30-2)23(15-20)31-3)11-13-29(24(26)16-21)17-19-9-14-32-18-19;3-2(4,5)1(6)7/h6-7,9,14-15,18,21,24H,4-5,8,10-13,16-17H2,1-3H3,(H2,27,28,33);(H,6,7)/t21-,24+,26+;/m1./s1. The van der Waals surface area contributed by atoms with Gasteiger partial charge >= 0.3 is 12.1 Å². The monoisotopic (exact) mass is 585 g/mol. The van der Waals surface area contributed by atoms with Crippen LogP contribution in [0.2, 0.25) is 0 Å². The number of carboxylic acids is 1. The molecule has 1 aliphatic heterocycles. The van der Waals surface area contributed by atoms with Gasteiger partial charge in [0.25, 0.3) is 0 Å². The van der Waals surface area contributed by atoms with E-state index in [0.29, 0.717) is 12.1 Å². The topological polar surface area (TPSA) is 96.2 Å². The normalized spacial score (nSPS) is 22.4. The number of unbranched alkanes of at least 4 members (excludes halogenated alkanes) is 1. The molecule has 2 fully saturated rings. The molecule has 0 spiro atoms. The van der Waals surface area contributed by atoms with Gasteiger partial charge in [0.15, 0.2) is 16.6 Å². The number of ether oxygens (including phenoxy) is 2. The van der Waals surface area contributed by atoms with Gasteiger partial charge in [-0.2, -0.15) is 13.2 Å². The minimum absolute atomic E-state index is 0.0960. The lowest BCUT2D eigenvalue weighted by atomic mass is 9.65. The first-order chi connectivity index (χ1) is 19.0. The summed E-state index contributed by atoms with van der Waals surface area (Å²) in [6.45, 7) is 5.10. The average molecular weight is 586 g/mol. The van der Waals surface area contributed by atoms with Crippen molar-refractivity contribution in [2.75, 3.05) is 27.3 Å². The molecule has 1 aromatic carbocycles. The highest BCUT2D eigenvalue weighted by Gasteiger charge is 2.51. The number of nitrogens with one attached hydrogen (secondary N) is 2. The zero-order valence-electron chi connectivity index (χ0n) is 23.1. The zero-order chi connectivity index (χ0) is 29.3. The first-order valence-corrected chi connectivity index (χ1v) is 13.8. The quantitative estimate of drug-likeness (QED) is 0.269. The SMILES string of the molecule is CCCCNC(=S)N[C@@H]1CC[C@@]2(c3ccc(OC)c(OC)c3)CCN(Cc3ccoc3)[C@H]2C1.O=C(O)C(F)(F)F. The Balaban J connectivity index is 0.000000559. The fourth-order valence-corrected chi connectivity index (χ4v) is 5.95. The van der Waals surface area contributed by atoms with E-state index in [1.54, 1.807) is 20.5 Å². The Bertz CT molecular complexity index is 1120. The highest BCUT2D eigenvalue weighted by molar-refractivity contribution is 7.80. The maximum atomic E-state index is 10.6. The summed E-state index contributed by atoms with van der Waals surface area (Å²) >= 11 is 5.59. The molecule has 1 aromatic heterocycles. The molecule has 12 heteroatoms. The fraction of sp³-hybridized carbons (Fsp3) is 0.571. The number of halogens is 3. The van der Waals surface area contributed by atoms with Gasteiger partial charge in [-0.3, -0.25) is 4.90 Å². The molecular weight excluding hydrogens is 547 g/mol. The minimum atomic E-state index is -5.08. The van der Waals surface area contributed by atoms with E-state index in [4.69, 9.17) is 36.0 Å². The third kappa shape index (κ3) is 7.81. The summed E-state index contributed by atoms with van der Waals surface area (Å²) in [6, 6.07) is 9.33. The van der Waals surface area contributed by atoms with Crippen LogP contribution in [-0.2, 0) is 16.8 Å². The maximum Gasteiger partial charge on any atom is 0.490 e. The second-order valence-electron chi connectivity index (χ2n) is 10.1. The average Bonchev–Trinajstić information content (AvgIpc) is 3.57. The van der Waals surface area contributed by atoms with Gasteiger partial charge < -0.3 is 29.6 Å². The maximum absolute atomic E-state index is 10.6. The molecule has 3 atom stereocenters. The Kier molecular flexibility index (Phi) is 11.1. The van der Waals surface area contributed by atoms with Crippen LogP contribution < -0.4 is 20.1 Å². The Morgan fingerprint density at radius 2 is 1.95 bits per heavy atom. The van der Waals surface area contributed by atoms with E-state index >= 15 is 0 Å². The number of carbonyl (C=O) groups is 1. The van der Waals surface area contributed by atoms with Crippen LogP contribution in [0.4, 0.5) is 13.2 Å². The number of hydrogen-bond acceptors (Lipinski definition) is 6. The summed E-state index contributed by atoms with van der Waals surface area (Å²) in [5.41, 5.74) is 2.67. The van der Waals surface area contributed by atoms with Gasteiger partial charge in [-0.15, -0.1) is 0 Å². The molecule has 1 saturated carbocycles. The number of fused-ring (bicyclic) bond motifs is 1. The van der Waals surface area contributed by atoms with Crippen molar-refractivity contribution in [1.29, 1.82) is 0 Å². The molecule has 4 rings (SSSR count). The number of carboxylic acid groups (broad SMARTS) is 1. The summed E-state index contributed by atoms with van der Waals surface area (Å²) in [5, 5.41) is 14.9. The number of furan rings is 1. The Morgan fingerprint density at radius 3 is 2.55 bits per heavy atom. The summed E-state index contributed by atoms with van der Waals surface area (Å²) in [5.74, 6) is -1.17. The van der Waals surface area contributed by atoms with Gasteiger partial charge in [-0.25, -0.2) is 4.79 Å². The molecule has 0 amide bonds. The van der Waals surface area contributed by atoms with Gasteiger partial charge in [0, 0.05) is 36.2 Å². The van der Waals surface area contributed by atoms with Gasteiger partial charge in [0.2, 0.25) is 0 Å². The van der Waals surface area contributed by atoms with Crippen LogP contribution in [-0.4, -0.2) is 66.7 Å². The van der Waals surface area contributed by atoms with E-state index in [1.165, 1.54) is 11.1 Å². The first-order valence-electron chi connectivity index (χ1n) is 13.4. The van der Waals surface area contributed by atoms with Crippen LogP contribution in [0.5, 0.6) is 11.5 Å². The number of alkyl halides is 3. The van der Waals surface area contributed by atoms with E-state index in [1.807, 2.05) is 6.26 Å². The molecule has 0 bridgehead atoms. The van der Waals surface area contributed by atoms with Crippen molar-refractivity contribution in [3.63, 3.8) is 0 Å². The smallest absolute Gasteiger partial charge is 0.490 e. The lowest BCUT2D eigenvalue weighted by Crippen LogP contribution is -2.53. The number of rotatable bonds is 9. The molecule has 0 radical (unpaired) electrons. The third-order valence-corrected chi connectivity index (χ3v) is 7.95. The number of methoxy groups -OCH3 is 2. The van der Waals surface area contributed by atoms with E-state index in [9.17, 15) is 13.2 Å². The lowest BCUT2D eigenvalue weighted by molar-refractivity contribution is -0.192. The summed E-state index contributed by atoms with van der Waals surface area (Å²) in [7, 11) is 3.40. The molecule has 2 heterocycles. The molecule has 1 saturated heterocycles. The highest BCUT2D eigenvalue weighted by atomic mass is 32.1. The molecule has 0 unspecified atom stereocenters. The summed E-state index contributed by atoms with van der Waals surface area (Å²) in [4.78, 5) is 11.5. The Hall–Kier alpha value is -2.99. The Labute approximate surface area is 238 Å². The van der Waals surface area contributed by atoms with Crippen molar-refractivity contribution in [1.82, 2.24) is 15.5 Å². The number of benzene rings is 1. The van der Waals surface area contributed by atoms with Gasteiger partial charge in [-0.05, 0) is 74.6 Å². The molecule has 1 aliphatic carbocycles. The molecule has 40 heavy (non-hydrogen) atoms. The van der Waals surface area contributed by atoms with E-state index in [0.717, 1.165) is 74.8 Å². The van der Waals surface area contributed by atoms with Crippen molar-refractivity contribution in [2.45, 2.75) is 75.7 Å². The second kappa shape index (κ2) is 14.1. The van der Waals surface area contributed by atoms with Crippen molar-refractivity contribution >= 4 is 23.3 Å². The molecule has 3 N–H and O–H groups in total. The van der Waals surface area contributed by atoms with Crippen LogP contribution in [0.1, 0.15) is 56.6 Å². The van der Waals surface area contributed by atoms with Gasteiger partial charge in [-0.1, -0.05) is 19.4 Å².